The monoisotopic (exact) mass is 222 g/mol. The molecule has 42 valence electrons. The van der Waals surface area contributed by atoms with E-state index in [0.29, 0.717) is 5.75 Å². The standard InChI is InChI=1S/C4H3IN2O/c5-8-4-1-6-3-7-2-4/h1-3H. The molecule has 0 radical (unpaired) electrons. The number of hydrogen-bond acceptors (Lipinski definition) is 3. The molecule has 1 heterocycles. The zero-order valence-electron chi connectivity index (χ0n) is 3.91. The summed E-state index contributed by atoms with van der Waals surface area (Å²) in [4.78, 5) is 7.43. The highest BCUT2D eigenvalue weighted by atomic mass is 127. The summed E-state index contributed by atoms with van der Waals surface area (Å²) in [7, 11) is 0. The molecular formula is C4H3IN2O. The maximum Gasteiger partial charge on any atom is 0.192 e. The second-order valence-electron chi connectivity index (χ2n) is 1.15. The minimum Gasteiger partial charge on any atom is -0.424 e. The first-order valence-electron chi connectivity index (χ1n) is 1.97. The number of aromatic nitrogens is 2. The third-order valence-electron chi connectivity index (χ3n) is 0.626. The molecule has 0 aromatic carbocycles. The Kier molecular flexibility index (Phi) is 2.01. The van der Waals surface area contributed by atoms with Crippen molar-refractivity contribution >= 4 is 23.0 Å². The summed E-state index contributed by atoms with van der Waals surface area (Å²) in [5, 5.41) is 0. The van der Waals surface area contributed by atoms with Crippen molar-refractivity contribution in [3.8, 4) is 5.75 Å². The van der Waals surface area contributed by atoms with Gasteiger partial charge in [0.05, 0.1) is 12.4 Å². The molecular weight excluding hydrogens is 219 g/mol. The molecule has 0 fully saturated rings. The van der Waals surface area contributed by atoms with Crippen LogP contribution in [-0.2, 0) is 0 Å². The lowest BCUT2D eigenvalue weighted by molar-refractivity contribution is 0.703. The highest BCUT2D eigenvalue weighted by molar-refractivity contribution is 14.1. The Hall–Kier alpha value is -0.390. The Labute approximate surface area is 60.8 Å². The molecule has 0 spiro atoms. The summed E-state index contributed by atoms with van der Waals surface area (Å²) in [5.41, 5.74) is 0. The Balaban J connectivity index is 2.83. The second kappa shape index (κ2) is 2.81. The normalized spacial score (nSPS) is 8.62. The molecule has 0 unspecified atom stereocenters. The predicted octanol–water partition coefficient (Wildman–Crippen LogP) is 1.21. The van der Waals surface area contributed by atoms with Crippen molar-refractivity contribution < 1.29 is 3.07 Å². The van der Waals surface area contributed by atoms with Gasteiger partial charge in [-0.3, -0.25) is 0 Å². The molecule has 0 amide bonds. The summed E-state index contributed by atoms with van der Waals surface area (Å²) >= 11 is 1.77. The first-order valence-corrected chi connectivity index (χ1v) is 2.85. The zero-order valence-corrected chi connectivity index (χ0v) is 6.07. The summed E-state index contributed by atoms with van der Waals surface area (Å²) < 4.78 is 4.76. The van der Waals surface area contributed by atoms with Crippen LogP contribution in [0.5, 0.6) is 5.75 Å². The summed E-state index contributed by atoms with van der Waals surface area (Å²) in [5.74, 6) is 0.674. The van der Waals surface area contributed by atoms with E-state index in [4.69, 9.17) is 3.07 Å². The lowest BCUT2D eigenvalue weighted by Gasteiger charge is -1.89. The van der Waals surface area contributed by atoms with E-state index < -0.39 is 0 Å². The summed E-state index contributed by atoms with van der Waals surface area (Å²) in [6.45, 7) is 0. The van der Waals surface area contributed by atoms with E-state index in [-0.39, 0.29) is 0 Å². The quantitative estimate of drug-likeness (QED) is 0.669. The molecule has 1 aromatic rings. The molecule has 0 saturated heterocycles. The van der Waals surface area contributed by atoms with Crippen LogP contribution >= 0.6 is 23.0 Å². The Morgan fingerprint density at radius 3 is 2.38 bits per heavy atom. The number of nitrogens with zero attached hydrogens (tertiary/aromatic N) is 2. The zero-order chi connectivity index (χ0) is 5.82. The van der Waals surface area contributed by atoms with Crippen molar-refractivity contribution in [1.29, 1.82) is 0 Å². The molecule has 8 heavy (non-hydrogen) atoms. The Bertz CT molecular complexity index is 155. The van der Waals surface area contributed by atoms with Gasteiger partial charge < -0.3 is 3.07 Å². The minimum absolute atomic E-state index is 0.674. The van der Waals surface area contributed by atoms with Gasteiger partial charge in [0.2, 0.25) is 0 Å². The summed E-state index contributed by atoms with van der Waals surface area (Å²) in [6.07, 6.45) is 4.65. The van der Waals surface area contributed by atoms with Crippen molar-refractivity contribution in [3.05, 3.63) is 18.7 Å². The molecule has 0 N–H and O–H groups in total. The van der Waals surface area contributed by atoms with Crippen LogP contribution in [0.25, 0.3) is 0 Å². The minimum atomic E-state index is 0.674. The molecule has 0 aliphatic carbocycles. The van der Waals surface area contributed by atoms with Crippen molar-refractivity contribution in [2.75, 3.05) is 0 Å². The lowest BCUT2D eigenvalue weighted by atomic mass is 10.6. The van der Waals surface area contributed by atoms with Gasteiger partial charge in [-0.2, -0.15) is 0 Å². The van der Waals surface area contributed by atoms with Crippen LogP contribution in [0.2, 0.25) is 0 Å². The number of rotatable bonds is 1. The fraction of sp³-hybridized carbons (Fsp3) is 0. The van der Waals surface area contributed by atoms with Crippen LogP contribution in [0.3, 0.4) is 0 Å². The van der Waals surface area contributed by atoms with Crippen molar-refractivity contribution in [3.63, 3.8) is 0 Å². The van der Waals surface area contributed by atoms with E-state index in [9.17, 15) is 0 Å². The van der Waals surface area contributed by atoms with Gasteiger partial charge >= 0.3 is 0 Å². The Morgan fingerprint density at radius 2 is 2.00 bits per heavy atom. The van der Waals surface area contributed by atoms with Crippen LogP contribution in [-0.4, -0.2) is 9.97 Å². The maximum atomic E-state index is 4.76. The van der Waals surface area contributed by atoms with E-state index in [1.54, 1.807) is 35.4 Å². The summed E-state index contributed by atoms with van der Waals surface area (Å²) in [6, 6.07) is 0. The van der Waals surface area contributed by atoms with Crippen molar-refractivity contribution in [2.24, 2.45) is 0 Å². The molecule has 0 saturated carbocycles. The SMILES string of the molecule is IOc1cncnc1. The van der Waals surface area contributed by atoms with Crippen LogP contribution in [0.4, 0.5) is 0 Å². The van der Waals surface area contributed by atoms with Gasteiger partial charge in [-0.1, -0.05) is 0 Å². The molecule has 3 nitrogen and oxygen atoms in total. The lowest BCUT2D eigenvalue weighted by Crippen LogP contribution is -1.77. The van der Waals surface area contributed by atoms with E-state index in [0.717, 1.165) is 0 Å². The molecule has 1 aromatic heterocycles. The van der Waals surface area contributed by atoms with Crippen molar-refractivity contribution in [2.45, 2.75) is 0 Å². The van der Waals surface area contributed by atoms with E-state index in [1.165, 1.54) is 6.33 Å². The average Bonchev–Trinajstić information content (AvgIpc) is 1.90. The van der Waals surface area contributed by atoms with Gasteiger partial charge in [0, 0.05) is 0 Å². The van der Waals surface area contributed by atoms with Gasteiger partial charge in [0.25, 0.3) is 0 Å². The highest BCUT2D eigenvalue weighted by Crippen LogP contribution is 2.06. The fourth-order valence-electron chi connectivity index (χ4n) is 0.325. The highest BCUT2D eigenvalue weighted by Gasteiger charge is 1.84. The number of hydrogen-bond donors (Lipinski definition) is 0. The van der Waals surface area contributed by atoms with E-state index in [2.05, 4.69) is 9.97 Å². The Morgan fingerprint density at radius 1 is 1.38 bits per heavy atom. The van der Waals surface area contributed by atoms with Gasteiger partial charge in [-0.15, -0.1) is 0 Å². The van der Waals surface area contributed by atoms with Crippen LogP contribution in [0.15, 0.2) is 18.7 Å². The van der Waals surface area contributed by atoms with E-state index in [1.807, 2.05) is 0 Å². The van der Waals surface area contributed by atoms with Gasteiger partial charge in [-0.25, -0.2) is 9.97 Å². The number of halogens is 1. The van der Waals surface area contributed by atoms with Crippen LogP contribution < -0.4 is 3.07 Å². The van der Waals surface area contributed by atoms with Gasteiger partial charge in [-0.05, 0) is 0 Å². The largest absolute Gasteiger partial charge is 0.424 e. The van der Waals surface area contributed by atoms with Gasteiger partial charge in [0.1, 0.15) is 6.33 Å². The van der Waals surface area contributed by atoms with E-state index >= 15 is 0 Å². The first kappa shape index (κ1) is 5.74. The molecule has 1 rings (SSSR count). The first-order chi connectivity index (χ1) is 3.93. The molecule has 4 heteroatoms. The molecule has 0 aliphatic heterocycles. The third-order valence-corrected chi connectivity index (χ3v) is 1.13. The third kappa shape index (κ3) is 1.29. The van der Waals surface area contributed by atoms with Gasteiger partial charge in [0.15, 0.2) is 28.8 Å². The average molecular weight is 222 g/mol. The smallest absolute Gasteiger partial charge is 0.192 e. The van der Waals surface area contributed by atoms with Crippen LogP contribution in [0.1, 0.15) is 0 Å². The maximum absolute atomic E-state index is 4.76. The van der Waals surface area contributed by atoms with Crippen LogP contribution in [0, 0.1) is 0 Å². The van der Waals surface area contributed by atoms with Crippen molar-refractivity contribution in [1.82, 2.24) is 9.97 Å². The topological polar surface area (TPSA) is 35.0 Å². The molecule has 0 aliphatic rings. The molecule has 0 bridgehead atoms. The predicted molar refractivity (Wildman–Crippen MR) is 36.7 cm³/mol. The second-order valence-corrected chi connectivity index (χ2v) is 1.59. The molecule has 0 atom stereocenters. The fourth-order valence-corrected chi connectivity index (χ4v) is 0.553.